The van der Waals surface area contributed by atoms with Crippen LogP contribution in [0.1, 0.15) is 12.8 Å². The van der Waals surface area contributed by atoms with Crippen molar-refractivity contribution < 1.29 is 4.79 Å². The molecule has 0 radical (unpaired) electrons. The van der Waals surface area contributed by atoms with Gasteiger partial charge in [0.2, 0.25) is 5.91 Å². The summed E-state index contributed by atoms with van der Waals surface area (Å²) in [7, 11) is 0. The zero-order valence-electron chi connectivity index (χ0n) is 12.5. The molecule has 1 N–H and O–H groups in total. The molecule has 1 saturated carbocycles. The lowest BCUT2D eigenvalue weighted by atomic mass is 10.3. The van der Waals surface area contributed by atoms with E-state index in [1.165, 1.54) is 17.4 Å². The molecule has 1 aromatic carbocycles. The van der Waals surface area contributed by atoms with Crippen LogP contribution in [0.3, 0.4) is 0 Å². The molecule has 1 saturated heterocycles. The number of rotatable bonds is 3. The predicted molar refractivity (Wildman–Crippen MR) is 83.7 cm³/mol. The molecule has 0 bridgehead atoms. The largest absolute Gasteiger partial charge is 0.339 e. The zero-order chi connectivity index (χ0) is 15.1. The lowest BCUT2D eigenvalue weighted by molar-refractivity contribution is -0.133. The highest BCUT2D eigenvalue weighted by Crippen LogP contribution is 2.27. The summed E-state index contributed by atoms with van der Waals surface area (Å²) in [5, 5.41) is 0. The van der Waals surface area contributed by atoms with Crippen molar-refractivity contribution in [3.05, 3.63) is 34.7 Å². The number of aromatic amines is 1. The average Bonchev–Trinajstić information content (AvgIpc) is 3.34. The molecule has 0 unspecified atom stereocenters. The Hall–Kier alpha value is -2.08. The first kappa shape index (κ1) is 13.6. The van der Waals surface area contributed by atoms with Gasteiger partial charge in [-0.25, -0.2) is 4.79 Å². The highest BCUT2D eigenvalue weighted by atomic mass is 16.2. The van der Waals surface area contributed by atoms with Gasteiger partial charge in [-0.2, -0.15) is 0 Å². The van der Waals surface area contributed by atoms with Crippen LogP contribution in [0, 0.1) is 0 Å². The minimum absolute atomic E-state index is 0.0299. The Kier molecular flexibility index (Phi) is 3.26. The summed E-state index contributed by atoms with van der Waals surface area (Å²) >= 11 is 0. The number of H-pyrrole nitrogens is 1. The smallest absolute Gasteiger partial charge is 0.326 e. The molecule has 116 valence electrons. The lowest BCUT2D eigenvalue weighted by Gasteiger charge is -2.34. The van der Waals surface area contributed by atoms with E-state index >= 15 is 0 Å². The van der Waals surface area contributed by atoms with Gasteiger partial charge >= 0.3 is 5.69 Å². The van der Waals surface area contributed by atoms with Gasteiger partial charge in [-0.1, -0.05) is 12.1 Å². The molecule has 6 nitrogen and oxygen atoms in total. The number of nitrogens with one attached hydrogen (secondary N) is 1. The molecule has 1 aromatic heterocycles. The van der Waals surface area contributed by atoms with Crippen molar-refractivity contribution in [2.24, 2.45) is 0 Å². The van der Waals surface area contributed by atoms with Crippen LogP contribution in [-0.4, -0.2) is 57.5 Å². The molecule has 4 rings (SSSR count). The number of amides is 1. The third-order valence-corrected chi connectivity index (χ3v) is 4.71. The van der Waals surface area contributed by atoms with Gasteiger partial charge < -0.3 is 9.88 Å². The van der Waals surface area contributed by atoms with E-state index in [4.69, 9.17) is 0 Å². The normalized spacial score (nSPS) is 19.7. The summed E-state index contributed by atoms with van der Waals surface area (Å²) in [5.41, 5.74) is 1.35. The molecule has 0 spiro atoms. The second-order valence-corrected chi connectivity index (χ2v) is 6.18. The molecule has 0 atom stereocenters. The van der Waals surface area contributed by atoms with E-state index in [9.17, 15) is 9.59 Å². The number of imidazole rings is 1. The maximum atomic E-state index is 12.5. The van der Waals surface area contributed by atoms with Gasteiger partial charge in [0, 0.05) is 32.2 Å². The van der Waals surface area contributed by atoms with Crippen molar-refractivity contribution in [3.63, 3.8) is 0 Å². The van der Waals surface area contributed by atoms with Gasteiger partial charge in [-0.15, -0.1) is 0 Å². The number of benzene rings is 1. The zero-order valence-corrected chi connectivity index (χ0v) is 12.5. The standard InChI is InChI=1S/C16H20N4O2/c21-15(19-9-7-18(8-10-19)12-5-6-12)11-20-14-4-2-1-3-13(14)17-16(20)22/h1-4,12H,5-11H2,(H,17,22). The third-order valence-electron chi connectivity index (χ3n) is 4.71. The first-order valence-corrected chi connectivity index (χ1v) is 7.92. The molecule has 2 aromatic rings. The SMILES string of the molecule is O=C(Cn1c(=O)[nH]c2ccccc21)N1CCN(C2CC2)CC1. The number of hydrogen-bond acceptors (Lipinski definition) is 3. The molecule has 1 amide bonds. The van der Waals surface area contributed by atoms with Gasteiger partial charge in [0.25, 0.3) is 0 Å². The number of para-hydroxylation sites is 2. The molecule has 2 heterocycles. The molecule has 2 fully saturated rings. The van der Waals surface area contributed by atoms with Crippen LogP contribution in [0.25, 0.3) is 11.0 Å². The minimum Gasteiger partial charge on any atom is -0.339 e. The Bertz CT molecular complexity index is 751. The first-order valence-electron chi connectivity index (χ1n) is 7.92. The maximum Gasteiger partial charge on any atom is 0.326 e. The van der Waals surface area contributed by atoms with Crippen LogP contribution >= 0.6 is 0 Å². The van der Waals surface area contributed by atoms with Gasteiger partial charge in [-0.3, -0.25) is 14.3 Å². The van der Waals surface area contributed by atoms with Crippen molar-refractivity contribution in [2.45, 2.75) is 25.4 Å². The van der Waals surface area contributed by atoms with E-state index in [-0.39, 0.29) is 18.1 Å². The number of hydrogen-bond donors (Lipinski definition) is 1. The fourth-order valence-corrected chi connectivity index (χ4v) is 3.28. The van der Waals surface area contributed by atoms with Crippen LogP contribution in [0.15, 0.2) is 29.1 Å². The van der Waals surface area contributed by atoms with Gasteiger partial charge in [0.15, 0.2) is 0 Å². The Morgan fingerprint density at radius 2 is 1.86 bits per heavy atom. The maximum absolute atomic E-state index is 12.5. The van der Waals surface area contributed by atoms with Crippen LogP contribution in [0.5, 0.6) is 0 Å². The third kappa shape index (κ3) is 2.43. The highest BCUT2D eigenvalue weighted by molar-refractivity contribution is 5.80. The topological polar surface area (TPSA) is 61.3 Å². The number of carbonyl (C=O) groups is 1. The monoisotopic (exact) mass is 300 g/mol. The van der Waals surface area contributed by atoms with Gasteiger partial charge in [0.1, 0.15) is 6.54 Å². The van der Waals surface area contributed by atoms with Crippen molar-refractivity contribution >= 4 is 16.9 Å². The number of piperazine rings is 1. The molecule has 6 heteroatoms. The molecule has 1 aliphatic carbocycles. The summed E-state index contributed by atoms with van der Waals surface area (Å²) in [5.74, 6) is 0.0299. The Labute approximate surface area is 128 Å². The lowest BCUT2D eigenvalue weighted by Crippen LogP contribution is -2.50. The number of aromatic nitrogens is 2. The van der Waals surface area contributed by atoms with Crippen molar-refractivity contribution in [2.75, 3.05) is 26.2 Å². The van der Waals surface area contributed by atoms with Crippen molar-refractivity contribution in [1.29, 1.82) is 0 Å². The van der Waals surface area contributed by atoms with E-state index in [0.29, 0.717) is 0 Å². The molecular formula is C16H20N4O2. The van der Waals surface area contributed by atoms with E-state index < -0.39 is 0 Å². The van der Waals surface area contributed by atoms with E-state index in [1.54, 1.807) is 0 Å². The second-order valence-electron chi connectivity index (χ2n) is 6.18. The van der Waals surface area contributed by atoms with E-state index in [1.807, 2.05) is 29.2 Å². The van der Waals surface area contributed by atoms with Crippen LogP contribution in [0.4, 0.5) is 0 Å². The number of nitrogens with zero attached hydrogens (tertiary/aromatic N) is 3. The van der Waals surface area contributed by atoms with E-state index in [0.717, 1.165) is 43.3 Å². The van der Waals surface area contributed by atoms with Crippen molar-refractivity contribution in [1.82, 2.24) is 19.4 Å². The summed E-state index contributed by atoms with van der Waals surface area (Å²) in [6.07, 6.45) is 2.61. The quantitative estimate of drug-likeness (QED) is 0.905. The molecular weight excluding hydrogens is 280 g/mol. The Morgan fingerprint density at radius 1 is 1.14 bits per heavy atom. The summed E-state index contributed by atoms with van der Waals surface area (Å²) in [4.78, 5) is 31.7. The average molecular weight is 300 g/mol. The number of carbonyl (C=O) groups excluding carboxylic acids is 1. The second kappa shape index (κ2) is 5.28. The molecule has 2 aliphatic rings. The number of fused-ring (bicyclic) bond motifs is 1. The predicted octanol–water partition coefficient (Wildman–Crippen LogP) is 0.636. The van der Waals surface area contributed by atoms with Crippen LogP contribution in [0.2, 0.25) is 0 Å². The fraction of sp³-hybridized carbons (Fsp3) is 0.500. The van der Waals surface area contributed by atoms with Crippen LogP contribution in [-0.2, 0) is 11.3 Å². The first-order chi connectivity index (χ1) is 10.7. The highest BCUT2D eigenvalue weighted by Gasteiger charge is 2.32. The Morgan fingerprint density at radius 3 is 2.59 bits per heavy atom. The van der Waals surface area contributed by atoms with E-state index in [2.05, 4.69) is 9.88 Å². The minimum atomic E-state index is -0.217. The van der Waals surface area contributed by atoms with Gasteiger partial charge in [0.05, 0.1) is 11.0 Å². The molecule has 22 heavy (non-hydrogen) atoms. The van der Waals surface area contributed by atoms with Crippen LogP contribution < -0.4 is 5.69 Å². The van der Waals surface area contributed by atoms with Crippen molar-refractivity contribution in [3.8, 4) is 0 Å². The Balaban J connectivity index is 1.47. The fourth-order valence-electron chi connectivity index (χ4n) is 3.28. The summed E-state index contributed by atoms with van der Waals surface area (Å²) < 4.78 is 1.53. The summed E-state index contributed by atoms with van der Waals surface area (Å²) in [6.45, 7) is 3.57. The molecule has 1 aliphatic heterocycles. The van der Waals surface area contributed by atoms with Gasteiger partial charge in [-0.05, 0) is 25.0 Å². The summed E-state index contributed by atoms with van der Waals surface area (Å²) in [6, 6.07) is 8.23.